The van der Waals surface area contributed by atoms with Gasteiger partial charge in [0.1, 0.15) is 28.5 Å². The summed E-state index contributed by atoms with van der Waals surface area (Å²) in [5.74, 6) is -1.43. The highest BCUT2D eigenvalue weighted by molar-refractivity contribution is 5.92. The van der Waals surface area contributed by atoms with Crippen molar-refractivity contribution in [1.29, 1.82) is 5.26 Å². The van der Waals surface area contributed by atoms with Gasteiger partial charge >= 0.3 is 5.97 Å². The lowest BCUT2D eigenvalue weighted by atomic mass is 10.2. The number of phenols is 1. The van der Waals surface area contributed by atoms with Crippen LogP contribution in [0.5, 0.6) is 5.75 Å². The van der Waals surface area contributed by atoms with Gasteiger partial charge in [-0.3, -0.25) is 0 Å². The van der Waals surface area contributed by atoms with Crippen molar-refractivity contribution in [1.82, 2.24) is 4.98 Å². The Morgan fingerprint density at radius 1 is 1.29 bits per heavy atom. The van der Waals surface area contributed by atoms with Gasteiger partial charge in [-0.1, -0.05) is 12.1 Å². The van der Waals surface area contributed by atoms with Crippen LogP contribution in [0.25, 0.3) is 16.7 Å². The molecule has 0 radical (unpaired) electrons. The van der Waals surface area contributed by atoms with Crippen molar-refractivity contribution in [3.8, 4) is 11.8 Å². The van der Waals surface area contributed by atoms with Crippen LogP contribution in [0.4, 0.5) is 5.69 Å². The molecule has 3 aromatic rings. The van der Waals surface area contributed by atoms with E-state index >= 15 is 0 Å². The second-order valence-electron chi connectivity index (χ2n) is 4.84. The number of para-hydroxylation sites is 2. The number of rotatable bonds is 4. The van der Waals surface area contributed by atoms with Crippen molar-refractivity contribution in [2.24, 2.45) is 0 Å². The molecule has 0 saturated carbocycles. The van der Waals surface area contributed by atoms with Crippen LogP contribution in [0, 0.1) is 11.3 Å². The zero-order chi connectivity index (χ0) is 17.1. The van der Waals surface area contributed by atoms with Gasteiger partial charge < -0.3 is 19.9 Å². The van der Waals surface area contributed by atoms with Crippen LogP contribution in [0.3, 0.4) is 0 Å². The highest BCUT2D eigenvalue weighted by Crippen LogP contribution is 2.23. The topological polar surface area (TPSA) is 119 Å². The first-order valence-corrected chi connectivity index (χ1v) is 6.87. The number of nitriles is 1. The summed E-state index contributed by atoms with van der Waals surface area (Å²) in [6.45, 7) is 0. The Hall–Kier alpha value is -3.79. The molecule has 7 nitrogen and oxygen atoms in total. The third-order valence-corrected chi connectivity index (χ3v) is 3.25. The summed E-state index contributed by atoms with van der Waals surface area (Å²) in [6.07, 6.45) is 1.36. The lowest BCUT2D eigenvalue weighted by molar-refractivity contribution is 0.0694. The number of nitrogens with one attached hydrogen (secondary N) is 1. The quantitative estimate of drug-likeness (QED) is 0.498. The van der Waals surface area contributed by atoms with Gasteiger partial charge in [-0.2, -0.15) is 5.26 Å². The Balaban J connectivity index is 1.90. The SMILES string of the molecule is N#C/C(=C\Nc1ccc(O)c(C(=O)O)c1)c1nc2ccccc2o1. The first kappa shape index (κ1) is 15.1. The third kappa shape index (κ3) is 2.89. The summed E-state index contributed by atoms with van der Waals surface area (Å²) in [5, 5.41) is 30.6. The second kappa shape index (κ2) is 6.14. The molecule has 7 heteroatoms. The molecule has 0 aliphatic carbocycles. The number of anilines is 1. The molecular formula is C17H11N3O4. The van der Waals surface area contributed by atoms with Crippen LogP contribution in [-0.4, -0.2) is 21.2 Å². The van der Waals surface area contributed by atoms with E-state index in [4.69, 9.17) is 9.52 Å². The normalized spacial score (nSPS) is 11.2. The minimum Gasteiger partial charge on any atom is -0.507 e. The van der Waals surface area contributed by atoms with E-state index in [0.717, 1.165) is 0 Å². The van der Waals surface area contributed by atoms with Gasteiger partial charge in [0.15, 0.2) is 5.58 Å². The molecule has 1 heterocycles. The van der Waals surface area contributed by atoms with E-state index in [0.29, 0.717) is 16.8 Å². The summed E-state index contributed by atoms with van der Waals surface area (Å²) >= 11 is 0. The molecule has 118 valence electrons. The van der Waals surface area contributed by atoms with Gasteiger partial charge in [0.25, 0.3) is 0 Å². The Labute approximate surface area is 136 Å². The number of allylic oxidation sites excluding steroid dienone is 1. The molecule has 0 fully saturated rings. The smallest absolute Gasteiger partial charge is 0.339 e. The highest BCUT2D eigenvalue weighted by Gasteiger charge is 2.12. The molecule has 0 spiro atoms. The number of carboxylic acid groups (broad SMARTS) is 1. The number of fused-ring (bicyclic) bond motifs is 1. The fraction of sp³-hybridized carbons (Fsp3) is 0. The Morgan fingerprint density at radius 3 is 2.79 bits per heavy atom. The van der Waals surface area contributed by atoms with E-state index in [9.17, 15) is 15.2 Å². The Kier molecular flexibility index (Phi) is 3.87. The molecule has 0 saturated heterocycles. The van der Waals surface area contributed by atoms with E-state index in [-0.39, 0.29) is 22.8 Å². The molecule has 2 aromatic carbocycles. The van der Waals surface area contributed by atoms with Crippen molar-refractivity contribution in [2.45, 2.75) is 0 Å². The zero-order valence-corrected chi connectivity index (χ0v) is 12.2. The fourth-order valence-electron chi connectivity index (χ4n) is 2.08. The van der Waals surface area contributed by atoms with E-state index < -0.39 is 5.97 Å². The molecule has 0 aliphatic rings. The molecule has 0 amide bonds. The van der Waals surface area contributed by atoms with Crippen LogP contribution in [0.1, 0.15) is 16.2 Å². The molecule has 0 bridgehead atoms. The Morgan fingerprint density at radius 2 is 2.08 bits per heavy atom. The molecule has 1 aromatic heterocycles. The number of oxazole rings is 1. The van der Waals surface area contributed by atoms with Gasteiger partial charge in [-0.25, -0.2) is 9.78 Å². The van der Waals surface area contributed by atoms with E-state index in [1.165, 1.54) is 24.4 Å². The minimum absolute atomic E-state index is 0.149. The average Bonchev–Trinajstić information content (AvgIpc) is 3.00. The number of aromatic nitrogens is 1. The first-order chi connectivity index (χ1) is 11.6. The van der Waals surface area contributed by atoms with Crippen LogP contribution < -0.4 is 5.32 Å². The first-order valence-electron chi connectivity index (χ1n) is 6.87. The van der Waals surface area contributed by atoms with Gasteiger partial charge in [0, 0.05) is 11.9 Å². The summed E-state index contributed by atoms with van der Waals surface area (Å²) in [4.78, 5) is 15.2. The summed E-state index contributed by atoms with van der Waals surface area (Å²) in [5.41, 5.74) is 1.50. The number of aromatic hydroxyl groups is 1. The average molecular weight is 321 g/mol. The summed E-state index contributed by atoms with van der Waals surface area (Å²) in [7, 11) is 0. The number of carbonyl (C=O) groups is 1. The molecule has 0 aliphatic heterocycles. The van der Waals surface area contributed by atoms with Crippen LogP contribution >= 0.6 is 0 Å². The molecular weight excluding hydrogens is 310 g/mol. The van der Waals surface area contributed by atoms with Crippen LogP contribution in [0.15, 0.2) is 53.1 Å². The van der Waals surface area contributed by atoms with Crippen LogP contribution in [0.2, 0.25) is 0 Å². The fourth-order valence-corrected chi connectivity index (χ4v) is 2.08. The molecule has 3 N–H and O–H groups in total. The predicted octanol–water partition coefficient (Wildman–Crippen LogP) is 3.21. The van der Waals surface area contributed by atoms with Crippen molar-refractivity contribution in [3.63, 3.8) is 0 Å². The van der Waals surface area contributed by atoms with Gasteiger partial charge in [-0.05, 0) is 30.3 Å². The van der Waals surface area contributed by atoms with Crippen molar-refractivity contribution in [3.05, 3.63) is 60.1 Å². The van der Waals surface area contributed by atoms with Crippen molar-refractivity contribution >= 4 is 28.3 Å². The number of benzene rings is 2. The third-order valence-electron chi connectivity index (χ3n) is 3.25. The summed E-state index contributed by atoms with van der Waals surface area (Å²) < 4.78 is 5.51. The Bertz CT molecular complexity index is 965. The number of hydrogen-bond acceptors (Lipinski definition) is 6. The molecule has 0 atom stereocenters. The van der Waals surface area contributed by atoms with E-state index in [1.54, 1.807) is 18.2 Å². The molecule has 3 rings (SSSR count). The molecule has 24 heavy (non-hydrogen) atoms. The minimum atomic E-state index is -1.25. The maximum absolute atomic E-state index is 11.0. The maximum atomic E-state index is 11.0. The maximum Gasteiger partial charge on any atom is 0.339 e. The van der Waals surface area contributed by atoms with E-state index in [1.807, 2.05) is 12.1 Å². The van der Waals surface area contributed by atoms with E-state index in [2.05, 4.69) is 10.3 Å². The van der Waals surface area contributed by atoms with Crippen LogP contribution in [-0.2, 0) is 0 Å². The standard InChI is InChI=1S/C17H11N3O4/c18-8-10(16-20-13-3-1-2-4-15(13)24-16)9-19-11-5-6-14(21)12(7-11)17(22)23/h1-7,9,19,21H,(H,22,23)/b10-9+. The summed E-state index contributed by atoms with van der Waals surface area (Å²) in [6, 6.07) is 13.1. The largest absolute Gasteiger partial charge is 0.507 e. The predicted molar refractivity (Wildman–Crippen MR) is 86.3 cm³/mol. The number of aromatic carboxylic acids is 1. The van der Waals surface area contributed by atoms with Crippen molar-refractivity contribution in [2.75, 3.05) is 5.32 Å². The van der Waals surface area contributed by atoms with Gasteiger partial charge in [0.2, 0.25) is 5.89 Å². The number of hydrogen-bond donors (Lipinski definition) is 3. The monoisotopic (exact) mass is 321 g/mol. The lowest BCUT2D eigenvalue weighted by Crippen LogP contribution is -1.99. The second-order valence-corrected chi connectivity index (χ2v) is 4.84. The zero-order valence-electron chi connectivity index (χ0n) is 12.2. The number of carboxylic acids is 1. The highest BCUT2D eigenvalue weighted by atomic mass is 16.4. The molecule has 0 unspecified atom stereocenters. The van der Waals surface area contributed by atoms with Gasteiger partial charge in [-0.15, -0.1) is 0 Å². The number of nitrogens with zero attached hydrogens (tertiary/aromatic N) is 2. The van der Waals surface area contributed by atoms with Crippen molar-refractivity contribution < 1.29 is 19.4 Å². The lowest BCUT2D eigenvalue weighted by Gasteiger charge is -2.04. The van der Waals surface area contributed by atoms with Gasteiger partial charge in [0.05, 0.1) is 0 Å².